The molecule has 234 valence electrons. The van der Waals surface area contributed by atoms with E-state index in [4.69, 9.17) is 37.4 Å². The molecule has 0 saturated carbocycles. The molecule has 0 spiro atoms. The van der Waals surface area contributed by atoms with Crippen LogP contribution in [0.25, 0.3) is 0 Å². The van der Waals surface area contributed by atoms with Gasteiger partial charge in [-0.2, -0.15) is 0 Å². The number of halogens is 4. The van der Waals surface area contributed by atoms with E-state index in [1.165, 1.54) is 24.1 Å². The van der Waals surface area contributed by atoms with Gasteiger partial charge >= 0.3 is 5.97 Å². The van der Waals surface area contributed by atoms with Crippen molar-refractivity contribution in [3.05, 3.63) is 98.3 Å². The van der Waals surface area contributed by atoms with Crippen LogP contribution in [0.1, 0.15) is 58.8 Å². The van der Waals surface area contributed by atoms with E-state index in [9.17, 15) is 19.8 Å². The molecule has 3 aromatic rings. The van der Waals surface area contributed by atoms with Gasteiger partial charge in [-0.15, -0.1) is 0 Å². The highest BCUT2D eigenvalue weighted by atomic mass is 35.5. The highest BCUT2D eigenvalue weighted by Gasteiger charge is 2.57. The minimum absolute atomic E-state index is 0.0751. The molecule has 2 N–H and O–H groups in total. The maximum Gasteiger partial charge on any atom is 0.341 e. The zero-order chi connectivity index (χ0) is 31.9. The van der Waals surface area contributed by atoms with Crippen LogP contribution in [0.2, 0.25) is 10.0 Å². The molecular formula is C32H31Cl2F2NO7. The summed E-state index contributed by atoms with van der Waals surface area (Å²) in [5.41, 5.74) is -5.66. The Balaban J connectivity index is 1.70. The van der Waals surface area contributed by atoms with E-state index in [0.29, 0.717) is 16.1 Å². The van der Waals surface area contributed by atoms with Crippen molar-refractivity contribution in [2.75, 3.05) is 26.9 Å². The Morgan fingerprint density at radius 3 is 2.36 bits per heavy atom. The van der Waals surface area contributed by atoms with Crippen molar-refractivity contribution in [3.63, 3.8) is 0 Å². The molecule has 0 bridgehead atoms. The van der Waals surface area contributed by atoms with Gasteiger partial charge in [-0.3, -0.25) is 9.69 Å². The molecule has 2 aliphatic rings. The lowest BCUT2D eigenvalue weighted by molar-refractivity contribution is -0.155. The molecule has 3 aromatic carbocycles. The van der Waals surface area contributed by atoms with E-state index < -0.39 is 41.3 Å². The smallest absolute Gasteiger partial charge is 0.341 e. The molecule has 1 fully saturated rings. The second-order valence-corrected chi connectivity index (χ2v) is 11.7. The average Bonchev–Trinajstić information content (AvgIpc) is 3.25. The first kappa shape index (κ1) is 32.1. The van der Waals surface area contributed by atoms with Crippen molar-refractivity contribution in [1.82, 2.24) is 4.90 Å². The predicted octanol–water partition coefficient (Wildman–Crippen LogP) is 6.22. The number of aliphatic carboxylic acids is 1. The van der Waals surface area contributed by atoms with Crippen LogP contribution in [0.4, 0.5) is 8.78 Å². The standard InChI is InChI=1S/C32H31Cl2F2NO7/c1-3-31(41,30(36)10-12-43-13-11-30)21-14-24-28(25(35)15-21)32(42-2,20-5-8-22(33)9-6-20)37(29(24)40)17-19-4-7-23(34)16-26(19)44-18-27(38)39/h4-9,14-16,41H,3,10-13,17-18H2,1-2H3,(H,38,39)/t31-,32?/m1/s1. The van der Waals surface area contributed by atoms with Crippen molar-refractivity contribution < 1.29 is 42.8 Å². The molecule has 5 rings (SSSR count). The van der Waals surface area contributed by atoms with Gasteiger partial charge in [0.25, 0.3) is 5.91 Å². The summed E-state index contributed by atoms with van der Waals surface area (Å²) < 4.78 is 49.7. The van der Waals surface area contributed by atoms with E-state index in [0.717, 1.165) is 6.07 Å². The van der Waals surface area contributed by atoms with E-state index in [2.05, 4.69) is 0 Å². The number of rotatable bonds is 10. The van der Waals surface area contributed by atoms with Gasteiger partial charge in [-0.05, 0) is 48.4 Å². The average molecular weight is 651 g/mol. The Bertz CT molecular complexity index is 1580. The van der Waals surface area contributed by atoms with Crippen LogP contribution in [-0.2, 0) is 32.1 Å². The van der Waals surface area contributed by atoms with Crippen molar-refractivity contribution in [2.45, 2.75) is 49.7 Å². The maximum absolute atomic E-state index is 16.5. The van der Waals surface area contributed by atoms with E-state index in [-0.39, 0.29) is 66.5 Å². The van der Waals surface area contributed by atoms with Crippen molar-refractivity contribution in [2.24, 2.45) is 0 Å². The molecule has 44 heavy (non-hydrogen) atoms. The van der Waals surface area contributed by atoms with Gasteiger partial charge in [-0.25, -0.2) is 13.6 Å². The monoisotopic (exact) mass is 649 g/mol. The van der Waals surface area contributed by atoms with Crippen molar-refractivity contribution in [1.29, 1.82) is 0 Å². The number of carboxylic acid groups (broad SMARTS) is 1. The number of carboxylic acids is 1. The molecule has 8 nitrogen and oxygen atoms in total. The van der Waals surface area contributed by atoms with Crippen LogP contribution in [0.5, 0.6) is 5.75 Å². The lowest BCUT2D eigenvalue weighted by atomic mass is 9.72. The summed E-state index contributed by atoms with van der Waals surface area (Å²) in [6, 6.07) is 13.2. The largest absolute Gasteiger partial charge is 0.482 e. The van der Waals surface area contributed by atoms with E-state index >= 15 is 8.78 Å². The zero-order valence-electron chi connectivity index (χ0n) is 24.0. The number of carbonyl (C=O) groups is 2. The summed E-state index contributed by atoms with van der Waals surface area (Å²) in [4.78, 5) is 26.8. The summed E-state index contributed by atoms with van der Waals surface area (Å²) >= 11 is 12.3. The van der Waals surface area contributed by atoms with Gasteiger partial charge in [-0.1, -0.05) is 48.3 Å². The normalized spacial score (nSPS) is 20.7. The van der Waals surface area contributed by atoms with Gasteiger partial charge in [0.2, 0.25) is 0 Å². The summed E-state index contributed by atoms with van der Waals surface area (Å²) in [7, 11) is 1.32. The van der Waals surface area contributed by atoms with Crippen LogP contribution in [0, 0.1) is 5.82 Å². The Labute approximate surface area is 263 Å². The van der Waals surface area contributed by atoms with Gasteiger partial charge in [0.15, 0.2) is 12.3 Å². The lowest BCUT2D eigenvalue weighted by Gasteiger charge is -2.44. The Morgan fingerprint density at radius 1 is 1.09 bits per heavy atom. The van der Waals surface area contributed by atoms with Crippen LogP contribution in [0.3, 0.4) is 0 Å². The van der Waals surface area contributed by atoms with Crippen LogP contribution < -0.4 is 4.74 Å². The zero-order valence-corrected chi connectivity index (χ0v) is 25.6. The van der Waals surface area contributed by atoms with Gasteiger partial charge < -0.3 is 24.4 Å². The molecule has 0 aromatic heterocycles. The van der Waals surface area contributed by atoms with Crippen molar-refractivity contribution in [3.8, 4) is 5.75 Å². The molecule has 12 heteroatoms. The first-order chi connectivity index (χ1) is 20.9. The molecule has 0 radical (unpaired) electrons. The lowest BCUT2D eigenvalue weighted by Crippen LogP contribution is -2.51. The number of methoxy groups -OCH3 is 1. The minimum atomic E-state index is -2.11. The summed E-state index contributed by atoms with van der Waals surface area (Å²) in [6.07, 6.45) is -0.279. The first-order valence-corrected chi connectivity index (χ1v) is 14.8. The van der Waals surface area contributed by atoms with Crippen LogP contribution >= 0.6 is 23.2 Å². The summed E-state index contributed by atoms with van der Waals surface area (Å²) in [5.74, 6) is -2.67. The third kappa shape index (κ3) is 5.32. The van der Waals surface area contributed by atoms with Crippen molar-refractivity contribution >= 4 is 35.1 Å². The quantitative estimate of drug-likeness (QED) is 0.269. The number of ether oxygens (including phenoxy) is 3. The number of nitrogens with zero attached hydrogens (tertiary/aromatic N) is 1. The van der Waals surface area contributed by atoms with Crippen LogP contribution in [0.15, 0.2) is 54.6 Å². The first-order valence-electron chi connectivity index (χ1n) is 14.0. The fourth-order valence-electron chi connectivity index (χ4n) is 6.26. The minimum Gasteiger partial charge on any atom is -0.482 e. The predicted molar refractivity (Wildman–Crippen MR) is 158 cm³/mol. The van der Waals surface area contributed by atoms with Gasteiger partial charge in [0.05, 0.1) is 17.7 Å². The summed E-state index contributed by atoms with van der Waals surface area (Å²) in [6.45, 7) is 0.888. The fourth-order valence-corrected chi connectivity index (χ4v) is 6.55. The maximum atomic E-state index is 16.5. The SMILES string of the molecule is CC[C@@](O)(c1cc(F)c2c(c1)C(=O)N(Cc1ccc(Cl)cc1OCC(=O)O)C2(OC)c1ccc(Cl)cc1)C1(F)CCOCC1. The highest BCUT2D eigenvalue weighted by Crippen LogP contribution is 2.51. The Morgan fingerprint density at radius 2 is 1.75 bits per heavy atom. The number of aliphatic hydroxyl groups is 1. The number of alkyl halides is 1. The topological polar surface area (TPSA) is 106 Å². The molecule has 1 unspecified atom stereocenters. The summed E-state index contributed by atoms with van der Waals surface area (Å²) in [5, 5.41) is 21.6. The second-order valence-electron chi connectivity index (χ2n) is 10.9. The van der Waals surface area contributed by atoms with Crippen LogP contribution in [-0.4, -0.2) is 59.6 Å². The third-order valence-electron chi connectivity index (χ3n) is 8.54. The molecule has 1 saturated heterocycles. The number of hydrogen-bond donors (Lipinski definition) is 2. The highest BCUT2D eigenvalue weighted by molar-refractivity contribution is 6.31. The second kappa shape index (κ2) is 12.3. The molecule has 0 aliphatic carbocycles. The van der Waals surface area contributed by atoms with Gasteiger partial charge in [0, 0.05) is 54.3 Å². The van der Waals surface area contributed by atoms with Gasteiger partial charge in [0.1, 0.15) is 22.8 Å². The molecule has 2 heterocycles. The molecule has 1 amide bonds. The Kier molecular flexibility index (Phi) is 8.94. The fraction of sp³-hybridized carbons (Fsp3) is 0.375. The molecule has 2 atom stereocenters. The molecular weight excluding hydrogens is 619 g/mol. The number of benzene rings is 3. The molecule has 2 aliphatic heterocycles. The van der Waals surface area contributed by atoms with E-state index in [1.54, 1.807) is 43.3 Å². The number of fused-ring (bicyclic) bond motifs is 1. The number of amides is 1. The number of carbonyl (C=O) groups excluding carboxylic acids is 1. The van der Waals surface area contributed by atoms with E-state index in [1.807, 2.05) is 0 Å². The third-order valence-corrected chi connectivity index (χ3v) is 9.03. The number of hydrogen-bond acceptors (Lipinski definition) is 6. The Hall–Kier alpha value is -3.28.